The van der Waals surface area contributed by atoms with Gasteiger partial charge in [0.1, 0.15) is 11.0 Å². The number of hydrogen-bond donors (Lipinski definition) is 1. The van der Waals surface area contributed by atoms with Gasteiger partial charge < -0.3 is 9.72 Å². The molecule has 0 bridgehead atoms. The number of aromatic nitrogens is 3. The van der Waals surface area contributed by atoms with Crippen LogP contribution in [0.15, 0.2) is 46.9 Å². The van der Waals surface area contributed by atoms with Crippen LogP contribution in [0, 0.1) is 0 Å². The molecule has 136 valence electrons. The molecule has 0 saturated carbocycles. The SMILES string of the molecule is C=CCn1c(SCCN2CCOCC2)nc2c([nH]c3ccccc32)c1=O. The van der Waals surface area contributed by atoms with E-state index in [0.717, 1.165) is 60.2 Å². The molecule has 0 spiro atoms. The fourth-order valence-corrected chi connectivity index (χ4v) is 4.27. The maximum atomic E-state index is 13.0. The second-order valence-electron chi connectivity index (χ2n) is 6.30. The molecule has 0 unspecified atom stereocenters. The Kier molecular flexibility index (Phi) is 5.10. The van der Waals surface area contributed by atoms with E-state index in [1.54, 1.807) is 22.4 Å². The molecule has 6 nitrogen and oxygen atoms in total. The van der Waals surface area contributed by atoms with Crippen LogP contribution in [0.2, 0.25) is 0 Å². The van der Waals surface area contributed by atoms with Gasteiger partial charge in [-0.3, -0.25) is 14.3 Å². The third-order valence-corrected chi connectivity index (χ3v) is 5.59. The third kappa shape index (κ3) is 3.30. The second kappa shape index (κ2) is 7.65. The number of H-pyrrole nitrogens is 1. The van der Waals surface area contributed by atoms with E-state index in [9.17, 15) is 4.79 Å². The Morgan fingerprint density at radius 1 is 1.31 bits per heavy atom. The van der Waals surface area contributed by atoms with Gasteiger partial charge in [-0.05, 0) is 6.07 Å². The summed E-state index contributed by atoms with van der Waals surface area (Å²) in [6.07, 6.45) is 1.74. The minimum absolute atomic E-state index is 0.0417. The number of thioether (sulfide) groups is 1. The van der Waals surface area contributed by atoms with E-state index in [0.29, 0.717) is 12.1 Å². The number of nitrogens with one attached hydrogen (secondary N) is 1. The number of hydrogen-bond acceptors (Lipinski definition) is 5. The van der Waals surface area contributed by atoms with Gasteiger partial charge in [-0.2, -0.15) is 0 Å². The van der Waals surface area contributed by atoms with Crippen LogP contribution in [0.1, 0.15) is 0 Å². The first-order chi connectivity index (χ1) is 12.8. The lowest BCUT2D eigenvalue weighted by Gasteiger charge is -2.26. The summed E-state index contributed by atoms with van der Waals surface area (Å²) in [4.78, 5) is 23.4. The standard InChI is InChI=1S/C19H22N4O2S/c1-2-7-23-18(24)17-16(14-5-3-4-6-15(14)20-17)21-19(23)26-13-10-22-8-11-25-12-9-22/h2-6,20H,1,7-13H2. The molecule has 0 aliphatic carbocycles. The predicted octanol–water partition coefficient (Wildman–Crippen LogP) is 2.49. The first-order valence-electron chi connectivity index (χ1n) is 8.83. The predicted molar refractivity (Wildman–Crippen MR) is 106 cm³/mol. The number of para-hydroxylation sites is 1. The highest BCUT2D eigenvalue weighted by Gasteiger charge is 2.16. The molecular weight excluding hydrogens is 348 g/mol. The average Bonchev–Trinajstić information content (AvgIpc) is 3.05. The van der Waals surface area contributed by atoms with Crippen LogP contribution in [0.4, 0.5) is 0 Å². The number of nitrogens with zero attached hydrogens (tertiary/aromatic N) is 3. The summed E-state index contributed by atoms with van der Waals surface area (Å²) < 4.78 is 7.09. The molecule has 2 aromatic heterocycles. The molecule has 0 amide bonds. The highest BCUT2D eigenvalue weighted by atomic mass is 32.2. The van der Waals surface area contributed by atoms with Crippen molar-refractivity contribution in [2.45, 2.75) is 11.7 Å². The fourth-order valence-electron chi connectivity index (χ4n) is 3.27. The number of allylic oxidation sites excluding steroid dienone is 1. The molecule has 1 aliphatic rings. The van der Waals surface area contributed by atoms with E-state index >= 15 is 0 Å². The molecule has 1 saturated heterocycles. The first kappa shape index (κ1) is 17.3. The van der Waals surface area contributed by atoms with Crippen molar-refractivity contribution in [2.24, 2.45) is 0 Å². The monoisotopic (exact) mass is 370 g/mol. The van der Waals surface area contributed by atoms with Crippen LogP contribution in [-0.2, 0) is 11.3 Å². The van der Waals surface area contributed by atoms with Gasteiger partial charge in [0.15, 0.2) is 5.16 Å². The topological polar surface area (TPSA) is 63.1 Å². The minimum atomic E-state index is -0.0417. The smallest absolute Gasteiger partial charge is 0.278 e. The van der Waals surface area contributed by atoms with Crippen molar-refractivity contribution in [3.05, 3.63) is 47.3 Å². The first-order valence-corrected chi connectivity index (χ1v) is 9.81. The van der Waals surface area contributed by atoms with Crippen LogP contribution in [0.25, 0.3) is 21.9 Å². The highest BCUT2D eigenvalue weighted by Crippen LogP contribution is 2.24. The van der Waals surface area contributed by atoms with Gasteiger partial charge >= 0.3 is 0 Å². The minimum Gasteiger partial charge on any atom is -0.379 e. The third-order valence-electron chi connectivity index (χ3n) is 4.63. The van der Waals surface area contributed by atoms with Crippen LogP contribution in [0.3, 0.4) is 0 Å². The Morgan fingerprint density at radius 2 is 2.12 bits per heavy atom. The van der Waals surface area contributed by atoms with Crippen molar-refractivity contribution in [1.29, 1.82) is 0 Å². The van der Waals surface area contributed by atoms with Crippen LogP contribution < -0.4 is 5.56 Å². The number of aromatic amines is 1. The number of fused-ring (bicyclic) bond motifs is 3. The van der Waals surface area contributed by atoms with Gasteiger partial charge in [0.2, 0.25) is 0 Å². The average molecular weight is 370 g/mol. The van der Waals surface area contributed by atoms with Gasteiger partial charge in [0.25, 0.3) is 5.56 Å². The van der Waals surface area contributed by atoms with Crippen LogP contribution >= 0.6 is 11.8 Å². The molecule has 0 atom stereocenters. The van der Waals surface area contributed by atoms with E-state index in [2.05, 4.69) is 16.5 Å². The lowest BCUT2D eigenvalue weighted by molar-refractivity contribution is 0.0410. The van der Waals surface area contributed by atoms with E-state index in [1.165, 1.54) is 0 Å². The lowest BCUT2D eigenvalue weighted by atomic mass is 10.2. The Balaban J connectivity index is 1.67. The molecule has 1 fully saturated rings. The maximum absolute atomic E-state index is 13.0. The van der Waals surface area contributed by atoms with E-state index in [-0.39, 0.29) is 5.56 Å². The molecule has 1 aliphatic heterocycles. The molecule has 26 heavy (non-hydrogen) atoms. The normalized spacial score (nSPS) is 15.7. The molecule has 1 aromatic carbocycles. The zero-order valence-corrected chi connectivity index (χ0v) is 15.4. The quantitative estimate of drug-likeness (QED) is 0.410. The summed E-state index contributed by atoms with van der Waals surface area (Å²) >= 11 is 1.63. The van der Waals surface area contributed by atoms with Gasteiger partial charge in [-0.1, -0.05) is 36.0 Å². The Labute approximate surface area is 155 Å². The van der Waals surface area contributed by atoms with Crippen molar-refractivity contribution in [3.63, 3.8) is 0 Å². The molecule has 1 N–H and O–H groups in total. The summed E-state index contributed by atoms with van der Waals surface area (Å²) in [5, 5.41) is 1.74. The lowest BCUT2D eigenvalue weighted by Crippen LogP contribution is -2.37. The number of rotatable bonds is 6. The number of ether oxygens (including phenoxy) is 1. The van der Waals surface area contributed by atoms with Gasteiger partial charge in [0.05, 0.1) is 13.2 Å². The molecule has 7 heteroatoms. The number of morpholine rings is 1. The van der Waals surface area contributed by atoms with Crippen LogP contribution in [0.5, 0.6) is 0 Å². The Morgan fingerprint density at radius 3 is 2.92 bits per heavy atom. The fraction of sp³-hybridized carbons (Fsp3) is 0.368. The zero-order chi connectivity index (χ0) is 17.9. The van der Waals surface area contributed by atoms with E-state index in [4.69, 9.17) is 9.72 Å². The molecular formula is C19H22N4O2S. The molecule has 3 aromatic rings. The summed E-state index contributed by atoms with van der Waals surface area (Å²) in [6.45, 7) is 8.73. The van der Waals surface area contributed by atoms with Gasteiger partial charge in [0, 0.05) is 42.8 Å². The summed E-state index contributed by atoms with van der Waals surface area (Å²) in [7, 11) is 0. The number of benzene rings is 1. The summed E-state index contributed by atoms with van der Waals surface area (Å²) in [6, 6.07) is 7.90. The summed E-state index contributed by atoms with van der Waals surface area (Å²) in [5.41, 5.74) is 2.21. The summed E-state index contributed by atoms with van der Waals surface area (Å²) in [5.74, 6) is 0.886. The van der Waals surface area contributed by atoms with Crippen molar-refractivity contribution in [2.75, 3.05) is 38.6 Å². The van der Waals surface area contributed by atoms with Crippen LogP contribution in [-0.4, -0.2) is 58.0 Å². The van der Waals surface area contributed by atoms with Gasteiger partial charge in [-0.25, -0.2) is 4.98 Å². The Bertz CT molecular complexity index is 988. The molecule has 0 radical (unpaired) electrons. The van der Waals surface area contributed by atoms with E-state index < -0.39 is 0 Å². The largest absolute Gasteiger partial charge is 0.379 e. The molecule has 3 heterocycles. The van der Waals surface area contributed by atoms with E-state index in [1.807, 2.05) is 24.3 Å². The van der Waals surface area contributed by atoms with Gasteiger partial charge in [-0.15, -0.1) is 6.58 Å². The maximum Gasteiger partial charge on any atom is 0.278 e. The van der Waals surface area contributed by atoms with Crippen molar-refractivity contribution < 1.29 is 4.74 Å². The van der Waals surface area contributed by atoms with Crippen molar-refractivity contribution >= 4 is 33.7 Å². The Hall–Kier alpha value is -2.09. The second-order valence-corrected chi connectivity index (χ2v) is 7.36. The van der Waals surface area contributed by atoms with Crippen molar-refractivity contribution in [3.8, 4) is 0 Å². The highest BCUT2D eigenvalue weighted by molar-refractivity contribution is 7.99. The zero-order valence-electron chi connectivity index (χ0n) is 14.6. The molecule has 4 rings (SSSR count). The van der Waals surface area contributed by atoms with Crippen molar-refractivity contribution in [1.82, 2.24) is 19.4 Å².